The summed E-state index contributed by atoms with van der Waals surface area (Å²) >= 11 is 0. The molecule has 5 heteroatoms. The third kappa shape index (κ3) is 3.31. The van der Waals surface area contributed by atoms with Crippen molar-refractivity contribution in [1.29, 1.82) is 0 Å². The summed E-state index contributed by atoms with van der Waals surface area (Å²) < 4.78 is 0. The number of hydrogen-bond donors (Lipinski definition) is 2. The van der Waals surface area contributed by atoms with Crippen molar-refractivity contribution in [2.24, 2.45) is 0 Å². The van der Waals surface area contributed by atoms with Crippen LogP contribution in [0.3, 0.4) is 0 Å². The van der Waals surface area contributed by atoms with E-state index in [0.717, 1.165) is 0 Å². The van der Waals surface area contributed by atoms with E-state index in [1.807, 2.05) is 6.92 Å². The summed E-state index contributed by atoms with van der Waals surface area (Å²) in [6.45, 7) is 3.61. The molecule has 0 heterocycles. The zero-order valence-corrected chi connectivity index (χ0v) is 9.28. The first-order chi connectivity index (χ1) is 7.52. The predicted octanol–water partition coefficient (Wildman–Crippen LogP) is 1.56. The molecule has 0 bridgehead atoms. The molecule has 0 saturated heterocycles. The van der Waals surface area contributed by atoms with Crippen LogP contribution in [-0.2, 0) is 12.8 Å². The molecule has 0 atom stereocenters. The van der Waals surface area contributed by atoms with Crippen LogP contribution in [-0.4, -0.2) is 51.7 Å². The van der Waals surface area contributed by atoms with E-state index in [-0.39, 0.29) is 40.7 Å². The molecule has 17 heavy (non-hydrogen) atoms. The Kier molecular flexibility index (Phi) is 6.45. The third-order valence-electron chi connectivity index (χ3n) is 2.58. The Morgan fingerprint density at radius 3 is 2.00 bits per heavy atom. The summed E-state index contributed by atoms with van der Waals surface area (Å²) in [4.78, 5) is 22.1. The van der Waals surface area contributed by atoms with Gasteiger partial charge in [0.25, 0.3) is 0 Å². The molecule has 0 aliphatic carbocycles. The van der Waals surface area contributed by atoms with Crippen molar-refractivity contribution < 1.29 is 19.8 Å². The summed E-state index contributed by atoms with van der Waals surface area (Å²) in [6, 6.07) is 3.05. The maximum atomic E-state index is 11.1. The molecule has 88 valence electrons. The van der Waals surface area contributed by atoms with Gasteiger partial charge < -0.3 is 10.2 Å². The first-order valence-corrected chi connectivity index (χ1v) is 5.14. The summed E-state index contributed by atoms with van der Waals surface area (Å²) in [5.74, 6) is -2.14. The number of carboxylic acids is 2. The van der Waals surface area contributed by atoms with E-state index >= 15 is 0 Å². The number of hydrogen-bond acceptors (Lipinski definition) is 2. The number of benzene rings is 1. The Hall–Kier alpha value is -0.840. The Morgan fingerprint density at radius 2 is 1.65 bits per heavy atom. The average molecular weight is 246 g/mol. The van der Waals surface area contributed by atoms with Gasteiger partial charge in [0.1, 0.15) is 0 Å². The van der Waals surface area contributed by atoms with Gasteiger partial charge in [0.15, 0.2) is 0 Å². The van der Waals surface area contributed by atoms with Crippen LogP contribution in [0.15, 0.2) is 12.1 Å². The Morgan fingerprint density at radius 1 is 1.06 bits per heavy atom. The van der Waals surface area contributed by atoms with Crippen LogP contribution in [0.1, 0.15) is 45.7 Å². The summed E-state index contributed by atoms with van der Waals surface area (Å²) in [6.07, 6.45) is 0.978. The first-order valence-electron chi connectivity index (χ1n) is 5.14. The van der Waals surface area contributed by atoms with Gasteiger partial charge in [-0.1, -0.05) is 19.9 Å². The van der Waals surface area contributed by atoms with Gasteiger partial charge >= 0.3 is 41.5 Å². The fraction of sp³-hybridized carbons (Fsp3) is 0.333. The van der Waals surface area contributed by atoms with Gasteiger partial charge in [-0.25, -0.2) is 9.59 Å². The molecule has 1 aromatic carbocycles. The van der Waals surface area contributed by atoms with E-state index in [4.69, 9.17) is 10.2 Å². The van der Waals surface area contributed by atoms with Gasteiger partial charge in [0.05, 0.1) is 11.1 Å². The molecular formula is C12H15NaO4. The quantitative estimate of drug-likeness (QED) is 0.790. The minimum absolute atomic E-state index is 0. The number of carboxylic acid groups (broad SMARTS) is 2. The van der Waals surface area contributed by atoms with Crippen LogP contribution in [0, 0.1) is 0 Å². The van der Waals surface area contributed by atoms with Crippen molar-refractivity contribution in [3.05, 3.63) is 34.4 Å². The molecule has 0 aliphatic rings. The second-order valence-electron chi connectivity index (χ2n) is 3.44. The van der Waals surface area contributed by atoms with Crippen molar-refractivity contribution in [2.45, 2.75) is 26.7 Å². The molecule has 0 unspecified atom stereocenters. The fourth-order valence-corrected chi connectivity index (χ4v) is 1.82. The Balaban J connectivity index is 0.00000256. The molecule has 0 fully saturated rings. The molecule has 0 saturated carbocycles. The maximum absolute atomic E-state index is 11.1. The molecule has 0 aliphatic heterocycles. The zero-order chi connectivity index (χ0) is 12.3. The number of carbonyl (C=O) groups is 2. The van der Waals surface area contributed by atoms with Gasteiger partial charge in [-0.3, -0.25) is 0 Å². The molecule has 2 N–H and O–H groups in total. The van der Waals surface area contributed by atoms with Crippen molar-refractivity contribution in [3.8, 4) is 0 Å². The predicted molar refractivity (Wildman–Crippen MR) is 66.3 cm³/mol. The van der Waals surface area contributed by atoms with Crippen LogP contribution in [0.5, 0.6) is 0 Å². The molecule has 4 nitrogen and oxygen atoms in total. The normalized spacial score (nSPS) is 9.53. The minimum atomic E-state index is -1.08. The second kappa shape index (κ2) is 6.79. The molecule has 0 aromatic heterocycles. The second-order valence-corrected chi connectivity index (χ2v) is 3.44. The summed E-state index contributed by atoms with van der Waals surface area (Å²) in [7, 11) is 0. The zero-order valence-electron chi connectivity index (χ0n) is 9.28. The Bertz CT molecular complexity index is 440. The van der Waals surface area contributed by atoms with Gasteiger partial charge in [-0.15, -0.1) is 0 Å². The SMILES string of the molecule is CCc1ccc(C(=O)O)c(CC)c1C(=O)O.[NaH]. The molecule has 1 rings (SSSR count). The number of aryl methyl sites for hydroxylation is 1. The topological polar surface area (TPSA) is 74.6 Å². The molecule has 0 spiro atoms. The molecule has 1 aromatic rings. The standard InChI is InChI=1S/C12H14O4.Na.H/c1-3-7-5-6-9(11(13)14)8(4-2)10(7)12(15)16;;/h5-6H,3-4H2,1-2H3,(H,13,14)(H,15,16);;. The van der Waals surface area contributed by atoms with E-state index in [9.17, 15) is 9.59 Å². The van der Waals surface area contributed by atoms with E-state index in [1.54, 1.807) is 13.0 Å². The van der Waals surface area contributed by atoms with E-state index in [1.165, 1.54) is 6.07 Å². The van der Waals surface area contributed by atoms with Crippen molar-refractivity contribution in [3.63, 3.8) is 0 Å². The fourth-order valence-electron chi connectivity index (χ4n) is 1.82. The molecule has 0 radical (unpaired) electrons. The van der Waals surface area contributed by atoms with E-state index in [2.05, 4.69) is 0 Å². The molecule has 0 amide bonds. The molecular weight excluding hydrogens is 231 g/mol. The monoisotopic (exact) mass is 246 g/mol. The first kappa shape index (κ1) is 16.2. The van der Waals surface area contributed by atoms with Crippen LogP contribution in [0.4, 0.5) is 0 Å². The van der Waals surface area contributed by atoms with Gasteiger partial charge in [-0.05, 0) is 30.0 Å². The van der Waals surface area contributed by atoms with Gasteiger partial charge in [0, 0.05) is 0 Å². The summed E-state index contributed by atoms with van der Waals surface area (Å²) in [5, 5.41) is 18.1. The van der Waals surface area contributed by atoms with Gasteiger partial charge in [-0.2, -0.15) is 0 Å². The summed E-state index contributed by atoms with van der Waals surface area (Å²) in [5.41, 5.74) is 1.30. The van der Waals surface area contributed by atoms with Crippen LogP contribution >= 0.6 is 0 Å². The van der Waals surface area contributed by atoms with E-state index < -0.39 is 11.9 Å². The van der Waals surface area contributed by atoms with E-state index in [0.29, 0.717) is 24.0 Å². The van der Waals surface area contributed by atoms with Crippen LogP contribution in [0.2, 0.25) is 0 Å². The Labute approximate surface area is 122 Å². The van der Waals surface area contributed by atoms with Crippen LogP contribution < -0.4 is 0 Å². The van der Waals surface area contributed by atoms with Crippen molar-refractivity contribution in [2.75, 3.05) is 0 Å². The number of rotatable bonds is 4. The number of aromatic carboxylic acids is 2. The third-order valence-corrected chi connectivity index (χ3v) is 2.58. The average Bonchev–Trinajstić information content (AvgIpc) is 2.26. The van der Waals surface area contributed by atoms with Gasteiger partial charge in [0.2, 0.25) is 0 Å². The van der Waals surface area contributed by atoms with Crippen LogP contribution in [0.25, 0.3) is 0 Å². The van der Waals surface area contributed by atoms with Crippen molar-refractivity contribution >= 4 is 41.5 Å². The van der Waals surface area contributed by atoms with Crippen molar-refractivity contribution in [1.82, 2.24) is 0 Å².